The summed E-state index contributed by atoms with van der Waals surface area (Å²) in [6, 6.07) is 3.90. The van der Waals surface area contributed by atoms with Crippen LogP contribution in [0.1, 0.15) is 11.1 Å². The highest BCUT2D eigenvalue weighted by Crippen LogP contribution is 2.30. The van der Waals surface area contributed by atoms with Crippen LogP contribution in [0.5, 0.6) is 0 Å². The molecule has 0 aliphatic heterocycles. The lowest BCUT2D eigenvalue weighted by Gasteiger charge is -2.11. The van der Waals surface area contributed by atoms with Gasteiger partial charge in [0.1, 0.15) is 5.82 Å². The summed E-state index contributed by atoms with van der Waals surface area (Å²) in [6.45, 7) is 0. The third-order valence-electron chi connectivity index (χ3n) is 3.53. The van der Waals surface area contributed by atoms with Crippen molar-refractivity contribution in [1.29, 1.82) is 0 Å². The molecule has 0 radical (unpaired) electrons. The minimum absolute atomic E-state index is 0.232. The van der Waals surface area contributed by atoms with Gasteiger partial charge in [0.05, 0.1) is 22.2 Å². The van der Waals surface area contributed by atoms with Gasteiger partial charge in [-0.1, -0.05) is 0 Å². The van der Waals surface area contributed by atoms with Crippen LogP contribution >= 0.6 is 0 Å². The number of nitrogens with one attached hydrogen (secondary N) is 1. The second kappa shape index (κ2) is 7.02. The van der Waals surface area contributed by atoms with Gasteiger partial charge in [-0.2, -0.15) is 36.1 Å². The molecule has 0 saturated carbocycles. The Balaban J connectivity index is 1.87. The van der Waals surface area contributed by atoms with Gasteiger partial charge in [0.2, 0.25) is 0 Å². The zero-order valence-corrected chi connectivity index (χ0v) is 14.7. The summed E-state index contributed by atoms with van der Waals surface area (Å²) in [5, 5.41) is 3.74. The van der Waals surface area contributed by atoms with Gasteiger partial charge in [-0.25, -0.2) is 18.4 Å². The number of benzene rings is 1. The molecule has 7 nitrogen and oxygen atoms in total. The van der Waals surface area contributed by atoms with Crippen molar-refractivity contribution in [2.24, 2.45) is 0 Å². The maximum atomic E-state index is 12.6. The average molecular weight is 437 g/mol. The molecule has 0 saturated heterocycles. The standard InChI is InChI=1S/C15H9F6N5O2S/c16-14(17,18)9-1-3-11(4-2-9)29(27,28)25-12-5-6-24-26(12)13-22-7-10(8-23-13)15(19,20)21/h1-8,25H. The van der Waals surface area contributed by atoms with E-state index in [1.807, 2.05) is 0 Å². The monoisotopic (exact) mass is 437 g/mol. The number of hydrogen-bond donors (Lipinski definition) is 1. The third kappa shape index (κ3) is 4.47. The van der Waals surface area contributed by atoms with Crippen LogP contribution in [0.25, 0.3) is 5.95 Å². The second-order valence-electron chi connectivity index (χ2n) is 5.53. The summed E-state index contributed by atoms with van der Waals surface area (Å²) >= 11 is 0. The van der Waals surface area contributed by atoms with Crippen LogP contribution in [0.4, 0.5) is 32.2 Å². The highest BCUT2D eigenvalue weighted by Gasteiger charge is 2.32. The first-order valence-electron chi connectivity index (χ1n) is 7.52. The van der Waals surface area contributed by atoms with Crippen molar-refractivity contribution in [2.75, 3.05) is 4.72 Å². The van der Waals surface area contributed by atoms with Gasteiger partial charge in [0.15, 0.2) is 0 Å². The molecule has 0 aliphatic carbocycles. The van der Waals surface area contributed by atoms with E-state index in [1.54, 1.807) is 0 Å². The van der Waals surface area contributed by atoms with Gasteiger partial charge in [-0.3, -0.25) is 4.72 Å². The number of anilines is 1. The van der Waals surface area contributed by atoms with Crippen molar-refractivity contribution in [1.82, 2.24) is 19.7 Å². The molecule has 2 heterocycles. The Morgan fingerprint density at radius 2 is 1.38 bits per heavy atom. The van der Waals surface area contributed by atoms with Crippen molar-refractivity contribution in [3.63, 3.8) is 0 Å². The van der Waals surface area contributed by atoms with E-state index in [4.69, 9.17) is 0 Å². The van der Waals surface area contributed by atoms with Gasteiger partial charge in [-0.05, 0) is 24.3 Å². The zero-order chi connectivity index (χ0) is 21.4. The quantitative estimate of drug-likeness (QED) is 0.631. The van der Waals surface area contributed by atoms with E-state index in [0.717, 1.165) is 23.0 Å². The summed E-state index contributed by atoms with van der Waals surface area (Å²) < 4.78 is 103. The predicted octanol–water partition coefficient (Wildman–Crippen LogP) is 3.50. The van der Waals surface area contributed by atoms with E-state index in [0.29, 0.717) is 24.5 Å². The molecule has 3 aromatic rings. The number of halogens is 6. The molecule has 3 rings (SSSR count). The van der Waals surface area contributed by atoms with Crippen molar-refractivity contribution in [3.8, 4) is 5.95 Å². The molecule has 0 amide bonds. The second-order valence-corrected chi connectivity index (χ2v) is 7.21. The molecule has 1 N–H and O–H groups in total. The number of nitrogens with zero attached hydrogens (tertiary/aromatic N) is 4. The number of alkyl halides is 6. The summed E-state index contributed by atoms with van der Waals surface area (Å²) in [4.78, 5) is 6.53. The van der Waals surface area contributed by atoms with Crippen molar-refractivity contribution in [2.45, 2.75) is 17.2 Å². The van der Waals surface area contributed by atoms with Crippen LogP contribution < -0.4 is 4.72 Å². The average Bonchev–Trinajstić information content (AvgIpc) is 3.08. The first kappa shape index (κ1) is 20.6. The lowest BCUT2D eigenvalue weighted by molar-refractivity contribution is -0.138. The first-order chi connectivity index (χ1) is 13.4. The van der Waals surface area contributed by atoms with E-state index in [9.17, 15) is 34.8 Å². The van der Waals surface area contributed by atoms with Crippen LogP contribution in [-0.2, 0) is 22.4 Å². The van der Waals surface area contributed by atoms with E-state index < -0.39 is 38.4 Å². The fraction of sp³-hybridized carbons (Fsp3) is 0.133. The lowest BCUT2D eigenvalue weighted by Crippen LogP contribution is -2.17. The Morgan fingerprint density at radius 1 is 0.828 bits per heavy atom. The van der Waals surface area contributed by atoms with Crippen LogP contribution in [0.15, 0.2) is 53.8 Å². The molecular formula is C15H9F6N5O2S. The number of aromatic nitrogens is 4. The minimum atomic E-state index is -4.66. The smallest absolute Gasteiger partial charge is 0.263 e. The molecule has 154 valence electrons. The minimum Gasteiger partial charge on any atom is -0.263 e. The Labute approximate surface area is 159 Å². The van der Waals surface area contributed by atoms with Crippen molar-refractivity contribution >= 4 is 15.8 Å². The Kier molecular flexibility index (Phi) is 4.98. The normalized spacial score (nSPS) is 12.8. The lowest BCUT2D eigenvalue weighted by atomic mass is 10.2. The van der Waals surface area contributed by atoms with Gasteiger partial charge >= 0.3 is 12.4 Å². The number of hydrogen-bond acceptors (Lipinski definition) is 5. The maximum Gasteiger partial charge on any atom is 0.419 e. The van der Waals surface area contributed by atoms with Gasteiger partial charge in [-0.15, -0.1) is 0 Å². The van der Waals surface area contributed by atoms with Crippen molar-refractivity contribution in [3.05, 3.63) is 60.0 Å². The maximum absolute atomic E-state index is 12.6. The molecule has 0 spiro atoms. The molecule has 0 bridgehead atoms. The van der Waals surface area contributed by atoms with Crippen LogP contribution in [0.2, 0.25) is 0 Å². The molecule has 0 unspecified atom stereocenters. The topological polar surface area (TPSA) is 89.8 Å². The highest BCUT2D eigenvalue weighted by atomic mass is 32.2. The molecule has 29 heavy (non-hydrogen) atoms. The largest absolute Gasteiger partial charge is 0.419 e. The van der Waals surface area contributed by atoms with Gasteiger partial charge < -0.3 is 0 Å². The SMILES string of the molecule is O=S(=O)(Nc1ccnn1-c1ncc(C(F)(F)F)cn1)c1ccc(C(F)(F)F)cc1. The molecule has 14 heteroatoms. The Hall–Kier alpha value is -3.16. The van der Waals surface area contributed by atoms with Gasteiger partial charge in [0, 0.05) is 18.5 Å². The predicted molar refractivity (Wildman–Crippen MR) is 86.4 cm³/mol. The summed E-state index contributed by atoms with van der Waals surface area (Å²) in [5.74, 6) is -0.585. The molecule has 0 aliphatic rings. The first-order valence-corrected chi connectivity index (χ1v) is 9.00. The van der Waals surface area contributed by atoms with Crippen LogP contribution in [0, 0.1) is 0 Å². The van der Waals surface area contributed by atoms with E-state index >= 15 is 0 Å². The van der Waals surface area contributed by atoms with E-state index in [1.165, 1.54) is 6.07 Å². The Bertz CT molecular complexity index is 1110. The fourth-order valence-electron chi connectivity index (χ4n) is 2.14. The summed E-state index contributed by atoms with van der Waals surface area (Å²) in [6.07, 6.45) is -7.16. The molecule has 0 fully saturated rings. The highest BCUT2D eigenvalue weighted by molar-refractivity contribution is 7.92. The third-order valence-corrected chi connectivity index (χ3v) is 4.90. The number of rotatable bonds is 4. The molecular weight excluding hydrogens is 428 g/mol. The van der Waals surface area contributed by atoms with Crippen molar-refractivity contribution < 1.29 is 34.8 Å². The van der Waals surface area contributed by atoms with Crippen LogP contribution in [0.3, 0.4) is 0 Å². The van der Waals surface area contributed by atoms with E-state index in [2.05, 4.69) is 19.8 Å². The summed E-state index contributed by atoms with van der Waals surface area (Å²) in [7, 11) is -4.32. The zero-order valence-electron chi connectivity index (χ0n) is 13.9. The Morgan fingerprint density at radius 3 is 1.90 bits per heavy atom. The molecule has 2 aromatic heterocycles. The summed E-state index contributed by atoms with van der Waals surface area (Å²) in [5.41, 5.74) is -2.14. The van der Waals surface area contributed by atoms with E-state index in [-0.39, 0.29) is 11.8 Å². The molecule has 1 aromatic carbocycles. The number of sulfonamides is 1. The molecule has 0 atom stereocenters. The fourth-order valence-corrected chi connectivity index (χ4v) is 3.18. The van der Waals surface area contributed by atoms with Crippen LogP contribution in [-0.4, -0.2) is 28.2 Å². The van der Waals surface area contributed by atoms with Gasteiger partial charge in [0.25, 0.3) is 16.0 Å².